The molecule has 1 amide bonds. The number of carbonyl (C=O) groups is 1. The number of amides is 1. The highest BCUT2D eigenvalue weighted by Gasteiger charge is 2.23. The second-order valence-electron chi connectivity index (χ2n) is 7.17. The Morgan fingerprint density at radius 3 is 2.57 bits per heavy atom. The highest BCUT2D eigenvalue weighted by atomic mass is 32.2. The average molecular weight is 441 g/mol. The molecular formula is C22H20N2O4S2. The van der Waals surface area contributed by atoms with Crippen molar-refractivity contribution < 1.29 is 17.6 Å². The molecule has 0 aliphatic rings. The molecule has 0 fully saturated rings. The van der Waals surface area contributed by atoms with Crippen molar-refractivity contribution in [3.8, 4) is 0 Å². The van der Waals surface area contributed by atoms with E-state index in [1.165, 1.54) is 23.7 Å². The smallest absolute Gasteiger partial charge is 0.260 e. The molecule has 0 aliphatic carbocycles. The van der Waals surface area contributed by atoms with Crippen molar-refractivity contribution >= 4 is 42.4 Å². The zero-order chi connectivity index (χ0) is 21.5. The average Bonchev–Trinajstić information content (AvgIpc) is 3.35. The topological polar surface area (TPSA) is 80.5 Å². The lowest BCUT2D eigenvalue weighted by molar-refractivity contribution is 0.0983. The third-order valence-corrected chi connectivity index (χ3v) is 7.05. The van der Waals surface area contributed by atoms with Gasteiger partial charge in [-0.15, -0.1) is 0 Å². The molecule has 0 aliphatic heterocycles. The van der Waals surface area contributed by atoms with Gasteiger partial charge in [0, 0.05) is 11.8 Å². The Labute approximate surface area is 178 Å². The number of aryl methyl sites for hydroxylation is 2. The molecule has 154 valence electrons. The van der Waals surface area contributed by atoms with Crippen molar-refractivity contribution in [2.24, 2.45) is 0 Å². The third-order valence-electron chi connectivity index (χ3n) is 4.90. The molecule has 2 aromatic carbocycles. The summed E-state index contributed by atoms with van der Waals surface area (Å²) in [6.45, 7) is 4.18. The summed E-state index contributed by atoms with van der Waals surface area (Å²) in [5, 5.41) is 0.482. The normalized spacial score (nSPS) is 11.7. The highest BCUT2D eigenvalue weighted by Crippen LogP contribution is 2.32. The summed E-state index contributed by atoms with van der Waals surface area (Å²) in [5.74, 6) is 0.431. The van der Waals surface area contributed by atoms with Crippen LogP contribution in [0.5, 0.6) is 0 Å². The predicted molar refractivity (Wildman–Crippen MR) is 118 cm³/mol. The number of rotatable bonds is 5. The molecule has 2 aromatic heterocycles. The van der Waals surface area contributed by atoms with Crippen LogP contribution in [0.3, 0.4) is 0 Å². The number of nitrogens with zero attached hydrogens (tertiary/aromatic N) is 2. The van der Waals surface area contributed by atoms with Crippen LogP contribution in [-0.2, 0) is 16.4 Å². The SMILES string of the molecule is Cc1ccc(C(=O)N(Cc2ccco2)c2nc3ccc(S(C)(=O)=O)cc3s2)cc1C. The number of sulfone groups is 1. The molecule has 0 bridgehead atoms. The van der Waals surface area contributed by atoms with Crippen molar-refractivity contribution in [3.63, 3.8) is 0 Å². The van der Waals surface area contributed by atoms with Crippen molar-refractivity contribution in [2.75, 3.05) is 11.2 Å². The van der Waals surface area contributed by atoms with Crippen LogP contribution >= 0.6 is 11.3 Å². The Hall–Kier alpha value is -2.97. The lowest BCUT2D eigenvalue weighted by Crippen LogP contribution is -2.30. The lowest BCUT2D eigenvalue weighted by Gasteiger charge is -2.19. The van der Waals surface area contributed by atoms with E-state index >= 15 is 0 Å². The van der Waals surface area contributed by atoms with Crippen molar-refractivity contribution in [1.29, 1.82) is 0 Å². The van der Waals surface area contributed by atoms with Gasteiger partial charge in [0.2, 0.25) is 0 Å². The largest absolute Gasteiger partial charge is 0.467 e. The first-order valence-corrected chi connectivity index (χ1v) is 12.0. The number of fused-ring (bicyclic) bond motifs is 1. The van der Waals surface area contributed by atoms with Gasteiger partial charge in [0.05, 0.1) is 27.9 Å². The maximum Gasteiger partial charge on any atom is 0.260 e. The molecule has 4 rings (SSSR count). The van der Waals surface area contributed by atoms with E-state index in [9.17, 15) is 13.2 Å². The van der Waals surface area contributed by atoms with Gasteiger partial charge < -0.3 is 4.42 Å². The highest BCUT2D eigenvalue weighted by molar-refractivity contribution is 7.90. The Balaban J connectivity index is 1.79. The quantitative estimate of drug-likeness (QED) is 0.447. The van der Waals surface area contributed by atoms with E-state index in [4.69, 9.17) is 4.42 Å². The Morgan fingerprint density at radius 2 is 1.90 bits per heavy atom. The van der Waals surface area contributed by atoms with Crippen LogP contribution in [0.2, 0.25) is 0 Å². The van der Waals surface area contributed by atoms with Crippen LogP contribution in [-0.4, -0.2) is 25.6 Å². The van der Waals surface area contributed by atoms with E-state index in [0.717, 1.165) is 11.1 Å². The molecule has 8 heteroatoms. The Bertz CT molecular complexity index is 1340. The third kappa shape index (κ3) is 4.01. The van der Waals surface area contributed by atoms with Crippen molar-refractivity contribution in [3.05, 3.63) is 77.2 Å². The molecule has 30 heavy (non-hydrogen) atoms. The molecule has 0 spiro atoms. The number of carbonyl (C=O) groups excluding carboxylic acids is 1. The first-order valence-electron chi connectivity index (χ1n) is 9.24. The van der Waals surface area contributed by atoms with E-state index in [1.807, 2.05) is 26.0 Å². The number of thiazole rings is 1. The van der Waals surface area contributed by atoms with Crippen LogP contribution in [0.15, 0.2) is 64.1 Å². The van der Waals surface area contributed by atoms with Crippen LogP contribution in [0.4, 0.5) is 5.13 Å². The van der Waals surface area contributed by atoms with Crippen molar-refractivity contribution in [2.45, 2.75) is 25.3 Å². The second kappa shape index (κ2) is 7.70. The van der Waals surface area contributed by atoms with Gasteiger partial charge in [-0.25, -0.2) is 13.4 Å². The molecule has 0 N–H and O–H groups in total. The molecule has 0 saturated carbocycles. The van der Waals surface area contributed by atoms with Gasteiger partial charge in [-0.05, 0) is 67.4 Å². The van der Waals surface area contributed by atoms with E-state index in [1.54, 1.807) is 41.5 Å². The molecule has 4 aromatic rings. The van der Waals surface area contributed by atoms with E-state index in [0.29, 0.717) is 26.7 Å². The number of aromatic nitrogens is 1. The van der Waals surface area contributed by atoms with Gasteiger partial charge in [-0.3, -0.25) is 9.69 Å². The van der Waals surface area contributed by atoms with Gasteiger partial charge in [0.15, 0.2) is 15.0 Å². The van der Waals surface area contributed by atoms with E-state index in [2.05, 4.69) is 4.98 Å². The number of benzene rings is 2. The zero-order valence-corrected chi connectivity index (χ0v) is 18.4. The van der Waals surface area contributed by atoms with Gasteiger partial charge >= 0.3 is 0 Å². The van der Waals surface area contributed by atoms with Crippen LogP contribution in [0, 0.1) is 13.8 Å². The van der Waals surface area contributed by atoms with Gasteiger partial charge in [0.1, 0.15) is 5.76 Å². The molecular weight excluding hydrogens is 420 g/mol. The maximum absolute atomic E-state index is 13.4. The minimum atomic E-state index is -3.33. The molecule has 0 unspecified atom stereocenters. The summed E-state index contributed by atoms with van der Waals surface area (Å²) in [6, 6.07) is 13.9. The summed E-state index contributed by atoms with van der Waals surface area (Å²) in [6.07, 6.45) is 2.73. The minimum Gasteiger partial charge on any atom is -0.467 e. The maximum atomic E-state index is 13.4. The van der Waals surface area contributed by atoms with Crippen molar-refractivity contribution in [1.82, 2.24) is 4.98 Å². The fourth-order valence-corrected chi connectivity index (χ4v) is 4.78. The van der Waals surface area contributed by atoms with Gasteiger partial charge in [-0.1, -0.05) is 17.4 Å². The molecule has 0 atom stereocenters. The van der Waals surface area contributed by atoms with Gasteiger partial charge in [0.25, 0.3) is 5.91 Å². The molecule has 2 heterocycles. The predicted octanol–water partition coefficient (Wildman–Crippen LogP) is 4.76. The van der Waals surface area contributed by atoms with Crippen LogP contribution in [0.25, 0.3) is 10.2 Å². The summed E-state index contributed by atoms with van der Waals surface area (Å²) in [7, 11) is -3.33. The van der Waals surface area contributed by atoms with E-state index in [-0.39, 0.29) is 17.3 Å². The lowest BCUT2D eigenvalue weighted by atomic mass is 10.1. The number of hydrogen-bond donors (Lipinski definition) is 0. The first kappa shape index (κ1) is 20.3. The molecule has 6 nitrogen and oxygen atoms in total. The fraction of sp³-hybridized carbons (Fsp3) is 0.182. The minimum absolute atomic E-state index is 0.197. The number of hydrogen-bond acceptors (Lipinski definition) is 6. The van der Waals surface area contributed by atoms with Crippen LogP contribution < -0.4 is 4.90 Å². The first-order chi connectivity index (χ1) is 14.2. The zero-order valence-electron chi connectivity index (χ0n) is 16.7. The number of anilines is 1. The monoisotopic (exact) mass is 440 g/mol. The van der Waals surface area contributed by atoms with Gasteiger partial charge in [-0.2, -0.15) is 0 Å². The Morgan fingerprint density at radius 1 is 1.10 bits per heavy atom. The fourth-order valence-electron chi connectivity index (χ4n) is 3.05. The van der Waals surface area contributed by atoms with Crippen LogP contribution in [0.1, 0.15) is 27.2 Å². The number of furan rings is 1. The van der Waals surface area contributed by atoms with E-state index < -0.39 is 9.84 Å². The summed E-state index contributed by atoms with van der Waals surface area (Å²) in [4.78, 5) is 19.8. The molecule has 0 radical (unpaired) electrons. The Kier molecular flexibility index (Phi) is 5.21. The summed E-state index contributed by atoms with van der Waals surface area (Å²) >= 11 is 1.28. The molecule has 0 saturated heterocycles. The standard InChI is InChI=1S/C22H20N2O4S2/c1-14-6-7-16(11-15(14)2)21(25)24(13-17-5-4-10-28-17)22-23-19-9-8-18(30(3,26)27)12-20(19)29-22/h4-12H,13H2,1-3H3. The second-order valence-corrected chi connectivity index (χ2v) is 10.2. The summed E-state index contributed by atoms with van der Waals surface area (Å²) in [5.41, 5.74) is 3.33. The summed E-state index contributed by atoms with van der Waals surface area (Å²) < 4.78 is 29.9.